The maximum absolute atomic E-state index is 13.1. The minimum Gasteiger partial charge on any atom is -0.497 e. The number of ether oxygens (including phenoxy) is 1. The van der Waals surface area contributed by atoms with E-state index in [1.54, 1.807) is 18.9 Å². The van der Waals surface area contributed by atoms with Gasteiger partial charge in [-0.1, -0.05) is 12.1 Å². The van der Waals surface area contributed by atoms with Crippen molar-refractivity contribution in [2.75, 3.05) is 13.7 Å². The second kappa shape index (κ2) is 7.01. The van der Waals surface area contributed by atoms with E-state index in [9.17, 15) is 9.59 Å². The Bertz CT molecular complexity index is 795. The van der Waals surface area contributed by atoms with Gasteiger partial charge in [-0.3, -0.25) is 9.59 Å². The summed E-state index contributed by atoms with van der Waals surface area (Å²) in [5.41, 5.74) is 2.06. The quantitative estimate of drug-likeness (QED) is 0.902. The zero-order valence-electron chi connectivity index (χ0n) is 14.3. The van der Waals surface area contributed by atoms with Crippen LogP contribution in [-0.2, 0) is 11.2 Å². The van der Waals surface area contributed by atoms with Gasteiger partial charge in [-0.05, 0) is 37.5 Å². The van der Waals surface area contributed by atoms with Gasteiger partial charge in [0.15, 0.2) is 0 Å². The number of benzene rings is 1. The molecule has 1 saturated heterocycles. The average molecular weight is 343 g/mol. The summed E-state index contributed by atoms with van der Waals surface area (Å²) >= 11 is 0. The molecule has 1 atom stereocenters. The van der Waals surface area contributed by atoms with E-state index in [4.69, 9.17) is 14.3 Å². The molecule has 3 rings (SSSR count). The smallest absolute Gasteiger partial charge is 0.311 e. The zero-order valence-corrected chi connectivity index (χ0v) is 14.3. The van der Waals surface area contributed by atoms with Crippen LogP contribution in [0.5, 0.6) is 5.75 Å². The Kier molecular flexibility index (Phi) is 4.79. The lowest BCUT2D eigenvalue weighted by Crippen LogP contribution is -2.31. The Morgan fingerprint density at radius 2 is 2.20 bits per heavy atom. The van der Waals surface area contributed by atoms with Crippen LogP contribution >= 0.6 is 0 Å². The summed E-state index contributed by atoms with van der Waals surface area (Å²) in [6.45, 7) is 2.40. The number of hydrogen-bond donors (Lipinski definition) is 1. The van der Waals surface area contributed by atoms with Crippen molar-refractivity contribution < 1.29 is 23.8 Å². The molecule has 1 N–H and O–H groups in total. The molecule has 1 aliphatic heterocycles. The molecule has 2 aromatic rings. The van der Waals surface area contributed by atoms with Gasteiger partial charge in [0, 0.05) is 12.1 Å². The van der Waals surface area contributed by atoms with E-state index in [0.717, 1.165) is 24.2 Å². The van der Waals surface area contributed by atoms with Crippen LogP contribution in [-0.4, -0.2) is 35.5 Å². The van der Waals surface area contributed by atoms with Gasteiger partial charge in [0.25, 0.3) is 5.91 Å². The normalized spacial score (nSPS) is 16.9. The number of carboxylic acid groups (broad SMARTS) is 1. The highest BCUT2D eigenvalue weighted by atomic mass is 16.5. The van der Waals surface area contributed by atoms with Crippen molar-refractivity contribution in [2.45, 2.75) is 32.2 Å². The highest BCUT2D eigenvalue weighted by molar-refractivity contribution is 5.97. The van der Waals surface area contributed by atoms with Crippen molar-refractivity contribution in [3.8, 4) is 5.75 Å². The van der Waals surface area contributed by atoms with Gasteiger partial charge >= 0.3 is 5.97 Å². The molecule has 6 heteroatoms. The molecule has 0 saturated carbocycles. The first-order valence-electron chi connectivity index (χ1n) is 8.25. The first-order valence-corrected chi connectivity index (χ1v) is 8.25. The summed E-state index contributed by atoms with van der Waals surface area (Å²) in [5.74, 6) is -0.226. The summed E-state index contributed by atoms with van der Waals surface area (Å²) in [6.07, 6.45) is 2.91. The third-order valence-electron chi connectivity index (χ3n) is 4.57. The molecule has 0 spiro atoms. The Hall–Kier alpha value is -2.76. The molecule has 1 aromatic carbocycles. The van der Waals surface area contributed by atoms with Crippen LogP contribution in [0.15, 0.2) is 34.9 Å². The first-order chi connectivity index (χ1) is 12.0. The largest absolute Gasteiger partial charge is 0.497 e. The van der Waals surface area contributed by atoms with Gasteiger partial charge in [0.2, 0.25) is 0 Å². The lowest BCUT2D eigenvalue weighted by Gasteiger charge is -2.25. The summed E-state index contributed by atoms with van der Waals surface area (Å²) in [7, 11) is 1.61. The topological polar surface area (TPSA) is 80.0 Å². The van der Waals surface area contributed by atoms with Gasteiger partial charge in [-0.25, -0.2) is 0 Å². The minimum atomic E-state index is -1.02. The third kappa shape index (κ3) is 3.38. The summed E-state index contributed by atoms with van der Waals surface area (Å²) < 4.78 is 10.6. The molecule has 1 unspecified atom stereocenters. The SMILES string of the molecule is COc1cccc(C2CCCN2C(=O)c2c(C)coc2CC(=O)O)c1. The standard InChI is InChI=1S/C19H21NO5/c1-12-11-25-16(10-17(21)22)18(12)19(23)20-8-4-7-15(20)13-5-3-6-14(9-13)24-2/h3,5-6,9,11,15H,4,7-8,10H2,1-2H3,(H,21,22). The number of carbonyl (C=O) groups excluding carboxylic acids is 1. The second-order valence-corrected chi connectivity index (χ2v) is 6.22. The van der Waals surface area contributed by atoms with Gasteiger partial charge in [0.1, 0.15) is 17.9 Å². The number of likely N-dealkylation sites (tertiary alicyclic amines) is 1. The molecule has 132 valence electrons. The van der Waals surface area contributed by atoms with Gasteiger partial charge in [0.05, 0.1) is 25.0 Å². The van der Waals surface area contributed by atoms with Crippen molar-refractivity contribution >= 4 is 11.9 Å². The number of rotatable bonds is 5. The van der Waals surface area contributed by atoms with E-state index in [0.29, 0.717) is 17.7 Å². The fourth-order valence-corrected chi connectivity index (χ4v) is 3.40. The summed E-state index contributed by atoms with van der Waals surface area (Å²) in [5, 5.41) is 9.04. The predicted octanol–water partition coefficient (Wildman–Crippen LogP) is 3.20. The van der Waals surface area contributed by atoms with Crippen LogP contribution in [0.3, 0.4) is 0 Å². The molecule has 2 heterocycles. The van der Waals surface area contributed by atoms with Crippen LogP contribution in [0.1, 0.15) is 46.1 Å². The Morgan fingerprint density at radius 1 is 1.40 bits per heavy atom. The monoisotopic (exact) mass is 343 g/mol. The van der Waals surface area contributed by atoms with Crippen LogP contribution in [0.2, 0.25) is 0 Å². The van der Waals surface area contributed by atoms with Crippen LogP contribution in [0.25, 0.3) is 0 Å². The second-order valence-electron chi connectivity index (χ2n) is 6.22. The molecule has 1 fully saturated rings. The predicted molar refractivity (Wildman–Crippen MR) is 90.8 cm³/mol. The molecule has 6 nitrogen and oxygen atoms in total. The molecular formula is C19H21NO5. The molecular weight excluding hydrogens is 322 g/mol. The Labute approximate surface area is 146 Å². The third-order valence-corrected chi connectivity index (χ3v) is 4.57. The fourth-order valence-electron chi connectivity index (χ4n) is 3.40. The fraction of sp³-hybridized carbons (Fsp3) is 0.368. The van der Waals surface area contributed by atoms with E-state index in [2.05, 4.69) is 0 Å². The van der Waals surface area contributed by atoms with Crippen LogP contribution in [0.4, 0.5) is 0 Å². The highest BCUT2D eigenvalue weighted by Crippen LogP contribution is 2.35. The van der Waals surface area contributed by atoms with E-state index < -0.39 is 5.97 Å². The van der Waals surface area contributed by atoms with E-state index >= 15 is 0 Å². The number of furan rings is 1. The molecule has 25 heavy (non-hydrogen) atoms. The number of hydrogen-bond acceptors (Lipinski definition) is 4. The summed E-state index contributed by atoms with van der Waals surface area (Å²) in [4.78, 5) is 25.9. The molecule has 0 aliphatic carbocycles. The first kappa shape index (κ1) is 17.1. The average Bonchev–Trinajstić information content (AvgIpc) is 3.21. The molecule has 1 amide bonds. The van der Waals surface area contributed by atoms with E-state index in [1.165, 1.54) is 6.26 Å². The molecule has 0 bridgehead atoms. The number of nitrogens with zero attached hydrogens (tertiary/aromatic N) is 1. The van der Waals surface area contributed by atoms with Crippen LogP contribution in [0, 0.1) is 6.92 Å². The highest BCUT2D eigenvalue weighted by Gasteiger charge is 2.33. The van der Waals surface area contributed by atoms with Gasteiger partial charge in [-0.15, -0.1) is 0 Å². The Balaban J connectivity index is 1.91. The zero-order chi connectivity index (χ0) is 18.0. The number of aliphatic carboxylic acids is 1. The maximum Gasteiger partial charge on any atom is 0.311 e. The number of amides is 1. The molecule has 1 aromatic heterocycles. The van der Waals surface area contributed by atoms with Gasteiger partial charge in [-0.2, -0.15) is 0 Å². The van der Waals surface area contributed by atoms with E-state index in [-0.39, 0.29) is 24.1 Å². The van der Waals surface area contributed by atoms with Crippen molar-refractivity contribution in [2.24, 2.45) is 0 Å². The molecule has 0 radical (unpaired) electrons. The molecule has 1 aliphatic rings. The lowest BCUT2D eigenvalue weighted by atomic mass is 10.0. The van der Waals surface area contributed by atoms with Crippen LogP contribution < -0.4 is 4.74 Å². The minimum absolute atomic E-state index is 0.0467. The van der Waals surface area contributed by atoms with Crippen molar-refractivity contribution in [1.29, 1.82) is 0 Å². The number of aryl methyl sites for hydroxylation is 1. The number of carbonyl (C=O) groups is 2. The lowest BCUT2D eigenvalue weighted by molar-refractivity contribution is -0.136. The van der Waals surface area contributed by atoms with E-state index in [1.807, 2.05) is 24.3 Å². The number of carboxylic acids is 1. The summed E-state index contributed by atoms with van der Waals surface area (Å²) in [6, 6.07) is 7.66. The number of methoxy groups -OCH3 is 1. The van der Waals surface area contributed by atoms with Gasteiger partial charge < -0.3 is 19.2 Å². The van der Waals surface area contributed by atoms with Crippen molar-refractivity contribution in [3.63, 3.8) is 0 Å². The Morgan fingerprint density at radius 3 is 2.92 bits per heavy atom. The maximum atomic E-state index is 13.1. The van der Waals surface area contributed by atoms with Crippen molar-refractivity contribution in [1.82, 2.24) is 4.90 Å². The van der Waals surface area contributed by atoms with Crippen molar-refractivity contribution in [3.05, 3.63) is 53.0 Å².